The van der Waals surface area contributed by atoms with Crippen LogP contribution in [0, 0.1) is 46.2 Å². The largest absolute Gasteiger partial charge is 0.205 e. The zero-order valence-corrected chi connectivity index (χ0v) is 14.4. The van der Waals surface area contributed by atoms with Crippen molar-refractivity contribution in [3.05, 3.63) is 34.6 Å². The quantitative estimate of drug-likeness (QED) is 0.626. The van der Waals surface area contributed by atoms with Gasteiger partial charge in [-0.1, -0.05) is 26.8 Å². The van der Waals surface area contributed by atoms with E-state index in [-0.39, 0.29) is 11.4 Å². The van der Waals surface area contributed by atoms with E-state index in [2.05, 4.69) is 26.8 Å². The number of hydrogen-bond donors (Lipinski definition) is 0. The van der Waals surface area contributed by atoms with E-state index in [1.165, 1.54) is 24.8 Å². The second-order valence-corrected chi connectivity index (χ2v) is 8.61. The van der Waals surface area contributed by atoms with Crippen molar-refractivity contribution >= 4 is 0 Å². The van der Waals surface area contributed by atoms with Gasteiger partial charge in [0.2, 0.25) is 0 Å². The Morgan fingerprint density at radius 3 is 2.74 bits per heavy atom. The molecule has 1 nitrogen and oxygen atoms in total. The van der Waals surface area contributed by atoms with Crippen LogP contribution >= 0.6 is 0 Å². The van der Waals surface area contributed by atoms with Crippen LogP contribution < -0.4 is 0 Å². The molecule has 3 unspecified atom stereocenters. The van der Waals surface area contributed by atoms with Gasteiger partial charge in [0.1, 0.15) is 11.9 Å². The molecule has 6 atom stereocenters. The molecule has 0 amide bonds. The highest BCUT2D eigenvalue weighted by Crippen LogP contribution is 2.64. The number of rotatable bonds is 0. The molecule has 122 valence electrons. The SMILES string of the molecule is C[C@H]1C[C@@]2(C)C(CC[C@@H]2C)C2CCc3c(ccc(C#N)c3F)C21. The fourth-order valence-corrected chi connectivity index (χ4v) is 6.52. The molecule has 1 aromatic rings. The Bertz CT molecular complexity index is 688. The van der Waals surface area contributed by atoms with Crippen LogP contribution in [-0.4, -0.2) is 0 Å². The summed E-state index contributed by atoms with van der Waals surface area (Å²) in [5.74, 6) is 3.16. The number of halogens is 1. The van der Waals surface area contributed by atoms with Crippen molar-refractivity contribution in [2.45, 2.75) is 58.8 Å². The third-order valence-corrected chi connectivity index (χ3v) is 7.72. The second kappa shape index (κ2) is 5.07. The van der Waals surface area contributed by atoms with Gasteiger partial charge in [0.05, 0.1) is 5.56 Å². The van der Waals surface area contributed by atoms with Crippen molar-refractivity contribution in [2.75, 3.05) is 0 Å². The Hall–Kier alpha value is -1.36. The molecule has 3 aliphatic rings. The lowest BCUT2D eigenvalue weighted by Crippen LogP contribution is -2.45. The standard InChI is InChI=1S/C21H26FN/c1-12-10-21(3)13(2)4-9-18(21)17-8-7-16-15(19(12)17)6-5-14(11-23)20(16)22/h5-6,12-13,17-19H,4,7-10H2,1-3H3/t12-,13-,17?,18?,19?,21+/m0/s1. The molecule has 0 aliphatic heterocycles. The summed E-state index contributed by atoms with van der Waals surface area (Å²) in [6.07, 6.45) is 5.87. The molecule has 0 saturated heterocycles. The van der Waals surface area contributed by atoms with Crippen LogP contribution in [0.15, 0.2) is 12.1 Å². The first-order chi connectivity index (χ1) is 11.0. The van der Waals surface area contributed by atoms with Crippen LogP contribution in [0.25, 0.3) is 0 Å². The molecule has 23 heavy (non-hydrogen) atoms. The van der Waals surface area contributed by atoms with E-state index in [0.717, 1.165) is 30.2 Å². The van der Waals surface area contributed by atoms with E-state index in [0.29, 0.717) is 23.2 Å². The van der Waals surface area contributed by atoms with Gasteiger partial charge in [-0.15, -0.1) is 0 Å². The van der Waals surface area contributed by atoms with E-state index in [1.807, 2.05) is 6.07 Å². The van der Waals surface area contributed by atoms with Crippen molar-refractivity contribution in [3.8, 4) is 6.07 Å². The van der Waals surface area contributed by atoms with E-state index in [1.54, 1.807) is 6.07 Å². The van der Waals surface area contributed by atoms with Crippen molar-refractivity contribution in [1.82, 2.24) is 0 Å². The Balaban J connectivity index is 1.79. The highest BCUT2D eigenvalue weighted by atomic mass is 19.1. The van der Waals surface area contributed by atoms with Crippen LogP contribution in [0.3, 0.4) is 0 Å². The third-order valence-electron chi connectivity index (χ3n) is 7.72. The Morgan fingerprint density at radius 1 is 1.22 bits per heavy atom. The van der Waals surface area contributed by atoms with Gasteiger partial charge in [0.15, 0.2) is 0 Å². The summed E-state index contributed by atoms with van der Waals surface area (Å²) in [6, 6.07) is 5.77. The normalized spacial score (nSPS) is 41.6. The first-order valence-electron chi connectivity index (χ1n) is 9.18. The zero-order chi connectivity index (χ0) is 16.4. The minimum Gasteiger partial charge on any atom is -0.205 e. The predicted molar refractivity (Wildman–Crippen MR) is 89.4 cm³/mol. The molecule has 0 aromatic heterocycles. The number of fused-ring (bicyclic) bond motifs is 5. The summed E-state index contributed by atoms with van der Waals surface area (Å²) in [6.45, 7) is 7.31. The molecule has 0 N–H and O–H groups in total. The van der Waals surface area contributed by atoms with Gasteiger partial charge in [-0.25, -0.2) is 4.39 Å². The molecule has 2 saturated carbocycles. The summed E-state index contributed by atoms with van der Waals surface area (Å²) >= 11 is 0. The molecule has 2 heteroatoms. The number of nitriles is 1. The Kier molecular flexibility index (Phi) is 3.34. The van der Waals surface area contributed by atoms with Crippen LogP contribution in [0.1, 0.15) is 69.1 Å². The molecule has 3 aliphatic carbocycles. The van der Waals surface area contributed by atoms with Gasteiger partial charge >= 0.3 is 0 Å². The smallest absolute Gasteiger partial charge is 0.144 e. The van der Waals surface area contributed by atoms with E-state index >= 15 is 0 Å². The molecule has 2 fully saturated rings. The fourth-order valence-electron chi connectivity index (χ4n) is 6.52. The average molecular weight is 311 g/mol. The summed E-state index contributed by atoms with van der Waals surface area (Å²) < 4.78 is 14.6. The monoisotopic (exact) mass is 311 g/mol. The van der Waals surface area contributed by atoms with Crippen molar-refractivity contribution in [1.29, 1.82) is 5.26 Å². The van der Waals surface area contributed by atoms with Gasteiger partial charge < -0.3 is 0 Å². The number of hydrogen-bond acceptors (Lipinski definition) is 1. The fraction of sp³-hybridized carbons (Fsp3) is 0.667. The summed E-state index contributed by atoms with van der Waals surface area (Å²) in [4.78, 5) is 0. The maximum Gasteiger partial charge on any atom is 0.144 e. The maximum atomic E-state index is 14.6. The topological polar surface area (TPSA) is 23.8 Å². The first kappa shape index (κ1) is 15.2. The van der Waals surface area contributed by atoms with E-state index < -0.39 is 0 Å². The highest BCUT2D eigenvalue weighted by Gasteiger charge is 2.55. The van der Waals surface area contributed by atoms with Crippen LogP contribution in [0.2, 0.25) is 0 Å². The van der Waals surface area contributed by atoms with Gasteiger partial charge in [-0.05, 0) is 84.3 Å². The van der Waals surface area contributed by atoms with Crippen LogP contribution in [0.4, 0.5) is 4.39 Å². The Morgan fingerprint density at radius 2 is 2.00 bits per heavy atom. The lowest BCUT2D eigenvalue weighted by atomic mass is 9.51. The van der Waals surface area contributed by atoms with Crippen LogP contribution in [-0.2, 0) is 6.42 Å². The minimum atomic E-state index is -0.247. The molecule has 0 bridgehead atoms. The van der Waals surface area contributed by atoms with Gasteiger partial charge in [0, 0.05) is 0 Å². The minimum absolute atomic E-state index is 0.213. The third kappa shape index (κ3) is 1.95. The molecule has 1 aromatic carbocycles. The number of benzene rings is 1. The molecule has 0 radical (unpaired) electrons. The molecular formula is C21H26FN. The molecule has 4 rings (SSSR count). The summed E-state index contributed by atoms with van der Waals surface area (Å²) in [7, 11) is 0. The van der Waals surface area contributed by atoms with Crippen LogP contribution in [0.5, 0.6) is 0 Å². The Labute approximate surface area is 138 Å². The van der Waals surface area contributed by atoms with Gasteiger partial charge in [-0.3, -0.25) is 0 Å². The summed E-state index contributed by atoms with van der Waals surface area (Å²) in [5, 5.41) is 9.10. The maximum absolute atomic E-state index is 14.6. The highest BCUT2D eigenvalue weighted by molar-refractivity contribution is 5.44. The van der Waals surface area contributed by atoms with E-state index in [9.17, 15) is 4.39 Å². The molecule has 0 heterocycles. The van der Waals surface area contributed by atoms with Crippen molar-refractivity contribution in [2.24, 2.45) is 29.1 Å². The lowest BCUT2D eigenvalue weighted by molar-refractivity contribution is 0.000833. The van der Waals surface area contributed by atoms with E-state index in [4.69, 9.17) is 5.26 Å². The summed E-state index contributed by atoms with van der Waals surface area (Å²) in [5.41, 5.74) is 2.74. The second-order valence-electron chi connectivity index (χ2n) is 8.61. The van der Waals surface area contributed by atoms with Gasteiger partial charge in [-0.2, -0.15) is 5.26 Å². The van der Waals surface area contributed by atoms with Gasteiger partial charge in [0.25, 0.3) is 0 Å². The molecule has 0 spiro atoms. The molecular weight excluding hydrogens is 285 g/mol. The van der Waals surface area contributed by atoms with Crippen molar-refractivity contribution < 1.29 is 4.39 Å². The zero-order valence-electron chi connectivity index (χ0n) is 14.4. The average Bonchev–Trinajstić information content (AvgIpc) is 2.82. The van der Waals surface area contributed by atoms with Crippen molar-refractivity contribution in [3.63, 3.8) is 0 Å². The predicted octanol–water partition coefficient (Wildman–Crippen LogP) is 5.44. The first-order valence-corrected chi connectivity index (χ1v) is 9.18. The lowest BCUT2D eigenvalue weighted by Gasteiger charge is -2.53. The number of nitrogens with zero attached hydrogens (tertiary/aromatic N) is 1.